The fraction of sp³-hybridized carbons (Fsp3) is 0.214. The van der Waals surface area contributed by atoms with Gasteiger partial charge in [0.1, 0.15) is 5.69 Å². The van der Waals surface area contributed by atoms with E-state index in [1.807, 2.05) is 0 Å². The maximum atomic E-state index is 11.8. The Hall–Kier alpha value is -2.65. The van der Waals surface area contributed by atoms with Gasteiger partial charge in [-0.05, 0) is 12.1 Å². The van der Waals surface area contributed by atoms with Crippen LogP contribution in [0, 0.1) is 11.8 Å². The number of carbonyl (C=O) groups excluding carboxylic acids is 1. The Morgan fingerprint density at radius 3 is 2.95 bits per heavy atom. The van der Waals surface area contributed by atoms with Crippen LogP contribution in [0.5, 0.6) is 0 Å². The fourth-order valence-corrected chi connectivity index (χ4v) is 1.41. The monoisotopic (exact) mass is 271 g/mol. The van der Waals surface area contributed by atoms with Crippen LogP contribution in [0.25, 0.3) is 0 Å². The zero-order chi connectivity index (χ0) is 14.2. The van der Waals surface area contributed by atoms with Crippen molar-refractivity contribution < 1.29 is 14.4 Å². The Kier molecular flexibility index (Phi) is 4.87. The van der Waals surface area contributed by atoms with E-state index < -0.39 is 0 Å². The molecule has 6 heteroatoms. The molecule has 2 N–H and O–H groups in total. The van der Waals surface area contributed by atoms with Gasteiger partial charge in [-0.3, -0.25) is 4.79 Å². The molecular weight excluding hydrogens is 258 g/mol. The zero-order valence-corrected chi connectivity index (χ0v) is 10.7. The molecule has 0 aromatic carbocycles. The van der Waals surface area contributed by atoms with E-state index in [9.17, 15) is 4.79 Å². The van der Waals surface area contributed by atoms with Crippen LogP contribution in [0.3, 0.4) is 0 Å². The summed E-state index contributed by atoms with van der Waals surface area (Å²) in [6.45, 7) is 0.293. The number of nitrogens with zero attached hydrogens (tertiary/aromatic N) is 2. The van der Waals surface area contributed by atoms with Crippen molar-refractivity contribution in [3.63, 3.8) is 0 Å². The predicted molar refractivity (Wildman–Crippen MR) is 70.5 cm³/mol. The van der Waals surface area contributed by atoms with Gasteiger partial charge in [-0.2, -0.15) is 0 Å². The standard InChI is InChI=1S/C14H13N3O3/c18-8-2-1-3-11-4-5-13(15-9-11)14(19)16-10-12-6-7-17-20-12/h4-7,9,18H,2,8,10H2,(H,16,19). The number of pyridine rings is 1. The third-order valence-corrected chi connectivity index (χ3v) is 2.38. The van der Waals surface area contributed by atoms with Crippen LogP contribution < -0.4 is 5.32 Å². The molecule has 2 rings (SSSR count). The highest BCUT2D eigenvalue weighted by Crippen LogP contribution is 2.01. The Morgan fingerprint density at radius 1 is 1.40 bits per heavy atom. The van der Waals surface area contributed by atoms with Gasteiger partial charge in [0.25, 0.3) is 5.91 Å². The molecule has 0 fully saturated rings. The summed E-state index contributed by atoms with van der Waals surface area (Å²) in [5, 5.41) is 14.8. The van der Waals surface area contributed by atoms with Gasteiger partial charge in [0.2, 0.25) is 0 Å². The highest BCUT2D eigenvalue weighted by Gasteiger charge is 2.07. The molecular formula is C14H13N3O3. The first-order chi connectivity index (χ1) is 9.79. The van der Waals surface area contributed by atoms with Crippen molar-refractivity contribution in [2.75, 3.05) is 6.61 Å². The van der Waals surface area contributed by atoms with Crippen LogP contribution in [-0.4, -0.2) is 27.8 Å². The maximum Gasteiger partial charge on any atom is 0.270 e. The van der Waals surface area contributed by atoms with Gasteiger partial charge in [0, 0.05) is 24.2 Å². The predicted octanol–water partition coefficient (Wildman–Crippen LogP) is 0.734. The summed E-state index contributed by atoms with van der Waals surface area (Å²) in [4.78, 5) is 15.8. The highest BCUT2D eigenvalue weighted by atomic mass is 16.5. The molecule has 102 valence electrons. The molecule has 2 aromatic rings. The second-order valence-electron chi connectivity index (χ2n) is 3.87. The van der Waals surface area contributed by atoms with E-state index >= 15 is 0 Å². The number of carbonyl (C=O) groups is 1. The first-order valence-corrected chi connectivity index (χ1v) is 6.03. The van der Waals surface area contributed by atoms with Crippen molar-refractivity contribution in [3.05, 3.63) is 47.6 Å². The number of aromatic nitrogens is 2. The molecule has 0 aliphatic heterocycles. The summed E-state index contributed by atoms with van der Waals surface area (Å²) in [7, 11) is 0. The molecule has 0 aliphatic carbocycles. The Bertz CT molecular complexity index is 609. The van der Waals surface area contributed by atoms with Gasteiger partial charge >= 0.3 is 0 Å². The summed E-state index contributed by atoms with van der Waals surface area (Å²) in [6, 6.07) is 4.98. The SMILES string of the molecule is O=C(NCc1ccno1)c1ccc(C#CCCO)cn1. The van der Waals surface area contributed by atoms with E-state index in [1.165, 1.54) is 12.4 Å². The topological polar surface area (TPSA) is 88.2 Å². The molecule has 0 radical (unpaired) electrons. The largest absolute Gasteiger partial charge is 0.395 e. The Morgan fingerprint density at radius 2 is 2.30 bits per heavy atom. The summed E-state index contributed by atoms with van der Waals surface area (Å²) < 4.78 is 4.87. The second-order valence-corrected chi connectivity index (χ2v) is 3.87. The summed E-state index contributed by atoms with van der Waals surface area (Å²) >= 11 is 0. The van der Waals surface area contributed by atoms with Gasteiger partial charge < -0.3 is 14.9 Å². The van der Waals surface area contributed by atoms with Gasteiger partial charge in [-0.1, -0.05) is 17.0 Å². The summed E-state index contributed by atoms with van der Waals surface area (Å²) in [5.74, 6) is 5.90. The van der Waals surface area contributed by atoms with Crippen molar-refractivity contribution in [1.82, 2.24) is 15.5 Å². The van der Waals surface area contributed by atoms with E-state index in [0.717, 1.165) is 0 Å². The van der Waals surface area contributed by atoms with Crippen molar-refractivity contribution in [2.45, 2.75) is 13.0 Å². The van der Waals surface area contributed by atoms with E-state index in [1.54, 1.807) is 18.2 Å². The summed E-state index contributed by atoms with van der Waals surface area (Å²) in [6.07, 6.45) is 3.45. The van der Waals surface area contributed by atoms with E-state index in [4.69, 9.17) is 9.63 Å². The molecule has 0 spiro atoms. The Labute approximate surface area is 115 Å². The summed E-state index contributed by atoms with van der Waals surface area (Å²) in [5.41, 5.74) is 1.00. The third kappa shape index (κ3) is 3.93. The number of aliphatic hydroxyl groups excluding tert-OH is 1. The van der Waals surface area contributed by atoms with E-state index in [2.05, 4.69) is 27.3 Å². The van der Waals surface area contributed by atoms with E-state index in [-0.39, 0.29) is 19.1 Å². The minimum Gasteiger partial charge on any atom is -0.395 e. The molecule has 0 bridgehead atoms. The minimum absolute atomic E-state index is 0.0303. The smallest absolute Gasteiger partial charge is 0.270 e. The van der Waals surface area contributed by atoms with Crippen LogP contribution in [0.15, 0.2) is 35.1 Å². The van der Waals surface area contributed by atoms with Crippen LogP contribution in [0.2, 0.25) is 0 Å². The molecule has 0 aliphatic rings. The van der Waals surface area contributed by atoms with Crippen LogP contribution in [0.1, 0.15) is 28.2 Å². The molecule has 20 heavy (non-hydrogen) atoms. The number of hydrogen-bond donors (Lipinski definition) is 2. The third-order valence-electron chi connectivity index (χ3n) is 2.38. The van der Waals surface area contributed by atoms with Crippen LogP contribution >= 0.6 is 0 Å². The first kappa shape index (κ1) is 13.8. The zero-order valence-electron chi connectivity index (χ0n) is 10.7. The first-order valence-electron chi connectivity index (χ1n) is 6.03. The molecule has 6 nitrogen and oxygen atoms in total. The maximum absolute atomic E-state index is 11.8. The molecule has 1 amide bonds. The number of hydrogen-bond acceptors (Lipinski definition) is 5. The molecule has 2 aromatic heterocycles. The normalized spacial score (nSPS) is 9.65. The lowest BCUT2D eigenvalue weighted by Crippen LogP contribution is -2.23. The average Bonchev–Trinajstić information content (AvgIpc) is 2.99. The van der Waals surface area contributed by atoms with Crippen LogP contribution in [0.4, 0.5) is 0 Å². The van der Waals surface area contributed by atoms with Crippen LogP contribution in [-0.2, 0) is 6.54 Å². The Balaban J connectivity index is 1.92. The lowest BCUT2D eigenvalue weighted by molar-refractivity contribution is 0.0942. The van der Waals surface area contributed by atoms with Gasteiger partial charge in [-0.25, -0.2) is 4.98 Å². The number of amides is 1. The molecule has 2 heterocycles. The van der Waals surface area contributed by atoms with Gasteiger partial charge in [0.15, 0.2) is 5.76 Å². The quantitative estimate of drug-likeness (QED) is 0.800. The molecule has 0 saturated carbocycles. The lowest BCUT2D eigenvalue weighted by Gasteiger charge is -2.01. The van der Waals surface area contributed by atoms with Crippen molar-refractivity contribution in [1.29, 1.82) is 0 Å². The molecule has 0 atom stereocenters. The lowest BCUT2D eigenvalue weighted by atomic mass is 10.2. The number of rotatable bonds is 4. The molecule has 0 saturated heterocycles. The van der Waals surface area contributed by atoms with Crippen molar-refractivity contribution >= 4 is 5.91 Å². The number of nitrogens with one attached hydrogen (secondary N) is 1. The van der Waals surface area contributed by atoms with Crippen molar-refractivity contribution in [2.24, 2.45) is 0 Å². The second kappa shape index (κ2) is 7.07. The average molecular weight is 271 g/mol. The van der Waals surface area contributed by atoms with Gasteiger partial charge in [0.05, 0.1) is 19.3 Å². The van der Waals surface area contributed by atoms with Crippen molar-refractivity contribution in [3.8, 4) is 11.8 Å². The minimum atomic E-state index is -0.295. The highest BCUT2D eigenvalue weighted by molar-refractivity contribution is 5.92. The molecule has 0 unspecified atom stereocenters. The number of aliphatic hydroxyl groups is 1. The van der Waals surface area contributed by atoms with E-state index in [0.29, 0.717) is 23.4 Å². The van der Waals surface area contributed by atoms with Gasteiger partial charge in [-0.15, -0.1) is 0 Å². The fourth-order valence-electron chi connectivity index (χ4n) is 1.41.